The average molecular weight is 309 g/mol. The first kappa shape index (κ1) is 15.1. The lowest BCUT2D eigenvalue weighted by molar-refractivity contribution is 0.961. The van der Waals surface area contributed by atoms with Crippen LogP contribution in [0.5, 0.6) is 0 Å². The van der Waals surface area contributed by atoms with E-state index in [1.807, 2.05) is 39.8 Å². The molecule has 1 aromatic carbocycles. The molecule has 23 heavy (non-hydrogen) atoms. The molecule has 0 saturated heterocycles. The fourth-order valence-corrected chi connectivity index (χ4v) is 2.64. The Bertz CT molecular complexity index is 946. The molecule has 0 aliphatic heterocycles. The minimum Gasteiger partial charge on any atom is -0.294 e. The Morgan fingerprint density at radius 2 is 1.87 bits per heavy atom. The van der Waals surface area contributed by atoms with Gasteiger partial charge in [-0.05, 0) is 39.3 Å². The van der Waals surface area contributed by atoms with E-state index in [4.69, 9.17) is 0 Å². The number of anilines is 2. The van der Waals surface area contributed by atoms with Crippen molar-refractivity contribution < 1.29 is 0 Å². The van der Waals surface area contributed by atoms with Crippen LogP contribution < -0.4 is 10.9 Å². The summed E-state index contributed by atoms with van der Waals surface area (Å²) in [5.74, 6) is 0.779. The van der Waals surface area contributed by atoms with Gasteiger partial charge in [-0.1, -0.05) is 18.6 Å². The molecule has 6 heteroatoms. The fourth-order valence-electron chi connectivity index (χ4n) is 2.64. The first-order chi connectivity index (χ1) is 11.0. The summed E-state index contributed by atoms with van der Waals surface area (Å²) >= 11 is 0. The van der Waals surface area contributed by atoms with Crippen molar-refractivity contribution in [2.24, 2.45) is 0 Å². The van der Waals surface area contributed by atoms with Gasteiger partial charge in [-0.3, -0.25) is 15.1 Å². The highest BCUT2D eigenvalue weighted by Crippen LogP contribution is 2.19. The summed E-state index contributed by atoms with van der Waals surface area (Å²) in [6.07, 6.45) is 0.652. The van der Waals surface area contributed by atoms with Gasteiger partial charge in [-0.2, -0.15) is 0 Å². The van der Waals surface area contributed by atoms with Crippen molar-refractivity contribution in [2.75, 3.05) is 5.32 Å². The summed E-state index contributed by atoms with van der Waals surface area (Å²) in [4.78, 5) is 28.1. The third-order valence-corrected chi connectivity index (χ3v) is 3.85. The Kier molecular flexibility index (Phi) is 3.82. The first-order valence-corrected chi connectivity index (χ1v) is 7.59. The van der Waals surface area contributed by atoms with Crippen LogP contribution in [0, 0.1) is 20.8 Å². The van der Waals surface area contributed by atoms with Crippen LogP contribution in [0.15, 0.2) is 23.0 Å². The lowest BCUT2D eigenvalue weighted by Crippen LogP contribution is -2.18. The number of nitrogens with zero attached hydrogens (tertiary/aromatic N) is 3. The molecule has 2 aromatic heterocycles. The molecular formula is C17H19N5O. The minimum atomic E-state index is -0.129. The van der Waals surface area contributed by atoms with Gasteiger partial charge in [-0.25, -0.2) is 15.0 Å². The van der Waals surface area contributed by atoms with Gasteiger partial charge in [0.1, 0.15) is 0 Å². The molecule has 0 amide bonds. The van der Waals surface area contributed by atoms with E-state index in [0.29, 0.717) is 29.6 Å². The number of aryl methyl sites for hydroxylation is 3. The molecule has 0 aliphatic carbocycles. The number of hydrogen-bond acceptors (Lipinski definition) is 5. The summed E-state index contributed by atoms with van der Waals surface area (Å²) in [5, 5.41) is 4.02. The molecule has 6 nitrogen and oxygen atoms in total. The van der Waals surface area contributed by atoms with E-state index in [1.165, 1.54) is 5.56 Å². The first-order valence-electron chi connectivity index (χ1n) is 7.59. The Balaban J connectivity index is 2.02. The molecular weight excluding hydrogens is 290 g/mol. The highest BCUT2D eigenvalue weighted by atomic mass is 16.1. The Morgan fingerprint density at radius 3 is 2.57 bits per heavy atom. The average Bonchev–Trinajstić information content (AvgIpc) is 2.48. The smallest absolute Gasteiger partial charge is 0.255 e. The maximum atomic E-state index is 12.0. The minimum absolute atomic E-state index is 0.129. The van der Waals surface area contributed by atoms with Crippen LogP contribution in [0.1, 0.15) is 29.4 Å². The van der Waals surface area contributed by atoms with Gasteiger partial charge in [0.2, 0.25) is 11.9 Å². The second-order valence-corrected chi connectivity index (χ2v) is 5.61. The lowest BCUT2D eigenvalue weighted by Gasteiger charge is -2.09. The summed E-state index contributed by atoms with van der Waals surface area (Å²) in [6.45, 7) is 7.74. The number of nitrogens with one attached hydrogen (secondary N) is 2. The molecule has 2 N–H and O–H groups in total. The molecule has 3 rings (SSSR count). The molecule has 0 spiro atoms. The SMILES string of the molecule is CCc1c(C)nc(Nc2nc(C)c3cc(C)ccc3n2)[nH]c1=O. The zero-order valence-electron chi connectivity index (χ0n) is 13.7. The van der Waals surface area contributed by atoms with E-state index in [9.17, 15) is 4.79 Å². The third-order valence-electron chi connectivity index (χ3n) is 3.85. The van der Waals surface area contributed by atoms with E-state index < -0.39 is 0 Å². The number of aromatic nitrogens is 4. The summed E-state index contributed by atoms with van der Waals surface area (Å²) in [7, 11) is 0. The van der Waals surface area contributed by atoms with Crippen molar-refractivity contribution in [1.29, 1.82) is 0 Å². The van der Waals surface area contributed by atoms with E-state index in [-0.39, 0.29) is 5.56 Å². The van der Waals surface area contributed by atoms with E-state index in [2.05, 4.69) is 31.3 Å². The van der Waals surface area contributed by atoms with Gasteiger partial charge >= 0.3 is 0 Å². The Morgan fingerprint density at radius 1 is 1.09 bits per heavy atom. The van der Waals surface area contributed by atoms with E-state index in [1.54, 1.807) is 0 Å². The topological polar surface area (TPSA) is 83.6 Å². The van der Waals surface area contributed by atoms with Crippen LogP contribution in [0.3, 0.4) is 0 Å². The molecule has 0 aliphatic rings. The van der Waals surface area contributed by atoms with Gasteiger partial charge in [0.05, 0.1) is 11.2 Å². The fraction of sp³-hybridized carbons (Fsp3) is 0.294. The molecule has 2 heterocycles. The number of benzene rings is 1. The number of rotatable bonds is 3. The zero-order chi connectivity index (χ0) is 16.6. The van der Waals surface area contributed by atoms with Gasteiger partial charge in [0.15, 0.2) is 0 Å². The van der Waals surface area contributed by atoms with Crippen molar-refractivity contribution in [3.8, 4) is 0 Å². The van der Waals surface area contributed by atoms with Crippen LogP contribution in [0.4, 0.5) is 11.9 Å². The number of fused-ring (bicyclic) bond motifs is 1. The molecule has 0 fully saturated rings. The third kappa shape index (κ3) is 2.92. The quantitative estimate of drug-likeness (QED) is 0.777. The largest absolute Gasteiger partial charge is 0.294 e. The molecule has 0 bridgehead atoms. The van der Waals surface area contributed by atoms with Crippen LogP contribution in [0.25, 0.3) is 10.9 Å². The van der Waals surface area contributed by atoms with Gasteiger partial charge in [0, 0.05) is 16.6 Å². The Hall–Kier alpha value is -2.76. The van der Waals surface area contributed by atoms with Crippen molar-refractivity contribution >= 4 is 22.8 Å². The summed E-state index contributed by atoms with van der Waals surface area (Å²) in [5.41, 5.74) is 4.19. The monoisotopic (exact) mass is 309 g/mol. The van der Waals surface area contributed by atoms with Gasteiger partial charge in [0.25, 0.3) is 5.56 Å². The normalized spacial score (nSPS) is 11.0. The predicted octanol–water partition coefficient (Wildman–Crippen LogP) is 2.94. The molecule has 0 saturated carbocycles. The van der Waals surface area contributed by atoms with Crippen LogP contribution in [0.2, 0.25) is 0 Å². The van der Waals surface area contributed by atoms with Crippen molar-refractivity contribution in [2.45, 2.75) is 34.1 Å². The van der Waals surface area contributed by atoms with Crippen LogP contribution in [-0.4, -0.2) is 19.9 Å². The zero-order valence-corrected chi connectivity index (χ0v) is 13.7. The van der Waals surface area contributed by atoms with Crippen molar-refractivity contribution in [1.82, 2.24) is 19.9 Å². The van der Waals surface area contributed by atoms with E-state index in [0.717, 1.165) is 16.6 Å². The number of hydrogen-bond donors (Lipinski definition) is 2. The molecule has 3 aromatic rings. The number of aromatic amines is 1. The highest BCUT2D eigenvalue weighted by molar-refractivity contribution is 5.82. The summed E-state index contributed by atoms with van der Waals surface area (Å²) < 4.78 is 0. The van der Waals surface area contributed by atoms with Gasteiger partial charge < -0.3 is 0 Å². The molecule has 0 unspecified atom stereocenters. The lowest BCUT2D eigenvalue weighted by atomic mass is 10.1. The van der Waals surface area contributed by atoms with E-state index >= 15 is 0 Å². The number of H-pyrrole nitrogens is 1. The van der Waals surface area contributed by atoms with Crippen molar-refractivity contribution in [3.63, 3.8) is 0 Å². The highest BCUT2D eigenvalue weighted by Gasteiger charge is 2.09. The Labute approximate surface area is 134 Å². The van der Waals surface area contributed by atoms with Crippen LogP contribution in [-0.2, 0) is 6.42 Å². The maximum Gasteiger partial charge on any atom is 0.255 e. The van der Waals surface area contributed by atoms with Gasteiger partial charge in [-0.15, -0.1) is 0 Å². The molecule has 118 valence electrons. The van der Waals surface area contributed by atoms with Crippen molar-refractivity contribution in [3.05, 3.63) is 51.1 Å². The predicted molar refractivity (Wildman–Crippen MR) is 91.3 cm³/mol. The van der Waals surface area contributed by atoms with Crippen LogP contribution >= 0.6 is 0 Å². The standard InChI is InChI=1S/C17H19N5O/c1-5-12-10(3)18-17(21-15(12)23)22-16-19-11(4)13-8-9(2)6-7-14(13)20-16/h6-8H,5H2,1-4H3,(H2,18,19,20,21,22,23). The molecule has 0 radical (unpaired) electrons. The summed E-state index contributed by atoms with van der Waals surface area (Å²) in [6, 6.07) is 6.04. The second kappa shape index (κ2) is 5.79. The second-order valence-electron chi connectivity index (χ2n) is 5.61. The molecule has 0 atom stereocenters. The maximum absolute atomic E-state index is 12.0.